The van der Waals surface area contributed by atoms with Crippen molar-refractivity contribution in [2.75, 3.05) is 7.05 Å². The highest BCUT2D eigenvalue weighted by Gasteiger charge is 2.45. The molecule has 0 heterocycles. The van der Waals surface area contributed by atoms with Gasteiger partial charge in [0, 0.05) is 18.6 Å². The lowest BCUT2D eigenvalue weighted by atomic mass is 9.84. The number of carbonyl (C=O) groups excluding carboxylic acids is 1. The molecule has 0 atom stereocenters. The summed E-state index contributed by atoms with van der Waals surface area (Å²) < 4.78 is 0. The van der Waals surface area contributed by atoms with Crippen LogP contribution >= 0.6 is 23.8 Å². The van der Waals surface area contributed by atoms with E-state index in [9.17, 15) is 4.79 Å². The van der Waals surface area contributed by atoms with E-state index in [0.717, 1.165) is 31.2 Å². The molecule has 3 nitrogen and oxygen atoms in total. The van der Waals surface area contributed by atoms with E-state index in [2.05, 4.69) is 0 Å². The summed E-state index contributed by atoms with van der Waals surface area (Å²) >= 11 is 11.3. The van der Waals surface area contributed by atoms with Crippen molar-refractivity contribution in [3.8, 4) is 0 Å². The fraction of sp³-hybridized carbons (Fsp3) is 0.467. The molecule has 0 aromatic heterocycles. The molecule has 1 aromatic rings. The number of hydrogen-bond acceptors (Lipinski definition) is 2. The minimum absolute atomic E-state index is 0.0161. The lowest BCUT2D eigenvalue weighted by Crippen LogP contribution is -2.47. The monoisotopic (exact) mass is 310 g/mol. The Bertz CT molecular complexity index is 526. The van der Waals surface area contributed by atoms with Crippen LogP contribution in [0.5, 0.6) is 0 Å². The number of hydrogen-bond donors (Lipinski definition) is 1. The Labute approximate surface area is 130 Å². The third kappa shape index (κ3) is 2.81. The quantitative estimate of drug-likeness (QED) is 0.869. The average molecular weight is 311 g/mol. The number of nitrogens with zero attached hydrogens (tertiary/aromatic N) is 1. The van der Waals surface area contributed by atoms with Gasteiger partial charge >= 0.3 is 0 Å². The SMILES string of the molecule is CN(Cc1ccccc1Cl)C(=O)C1(C(N)=S)CCCC1. The third-order valence-corrected chi connectivity index (χ3v) is 4.81. The van der Waals surface area contributed by atoms with Gasteiger partial charge in [-0.25, -0.2) is 0 Å². The molecule has 2 N–H and O–H groups in total. The Balaban J connectivity index is 2.16. The van der Waals surface area contributed by atoms with Crippen molar-refractivity contribution >= 4 is 34.7 Å². The molecule has 0 unspecified atom stereocenters. The first-order valence-corrected chi connectivity index (χ1v) is 7.55. The van der Waals surface area contributed by atoms with Crippen LogP contribution < -0.4 is 5.73 Å². The number of amides is 1. The Morgan fingerprint density at radius 1 is 1.40 bits per heavy atom. The van der Waals surface area contributed by atoms with E-state index in [1.54, 1.807) is 11.9 Å². The third-order valence-electron chi connectivity index (χ3n) is 4.05. The van der Waals surface area contributed by atoms with Gasteiger partial charge in [-0.05, 0) is 24.5 Å². The lowest BCUT2D eigenvalue weighted by Gasteiger charge is -2.31. The zero-order valence-corrected chi connectivity index (χ0v) is 13.1. The number of carbonyl (C=O) groups is 1. The number of halogens is 1. The fourth-order valence-electron chi connectivity index (χ4n) is 2.86. The van der Waals surface area contributed by atoms with Gasteiger partial charge in [-0.1, -0.05) is 54.9 Å². The van der Waals surface area contributed by atoms with Crippen molar-refractivity contribution in [1.82, 2.24) is 4.90 Å². The highest BCUT2D eigenvalue weighted by Crippen LogP contribution is 2.40. The molecule has 2 rings (SSSR count). The number of nitrogens with two attached hydrogens (primary N) is 1. The van der Waals surface area contributed by atoms with Crippen LogP contribution in [0.1, 0.15) is 31.2 Å². The van der Waals surface area contributed by atoms with Crippen LogP contribution in [-0.2, 0) is 11.3 Å². The molecule has 1 aliphatic rings. The molecule has 5 heteroatoms. The van der Waals surface area contributed by atoms with E-state index in [-0.39, 0.29) is 5.91 Å². The second-order valence-electron chi connectivity index (χ2n) is 5.41. The van der Waals surface area contributed by atoms with Crippen LogP contribution in [0.2, 0.25) is 5.02 Å². The Morgan fingerprint density at radius 2 is 2.00 bits per heavy atom. The van der Waals surface area contributed by atoms with E-state index in [1.165, 1.54) is 0 Å². The van der Waals surface area contributed by atoms with Crippen LogP contribution in [0, 0.1) is 5.41 Å². The molecule has 1 saturated carbocycles. The summed E-state index contributed by atoms with van der Waals surface area (Å²) in [5.41, 5.74) is 6.14. The second-order valence-corrected chi connectivity index (χ2v) is 6.25. The van der Waals surface area contributed by atoms with Crippen LogP contribution in [0.3, 0.4) is 0 Å². The summed E-state index contributed by atoms with van der Waals surface area (Å²) in [5.74, 6) is 0.0161. The standard InChI is InChI=1S/C15H19ClN2OS/c1-18(10-11-6-2-3-7-12(11)16)14(19)15(13(17)20)8-4-5-9-15/h2-3,6-7H,4-5,8-10H2,1H3,(H2,17,20). The van der Waals surface area contributed by atoms with Crippen LogP contribution in [0.4, 0.5) is 0 Å². The van der Waals surface area contributed by atoms with Gasteiger partial charge in [0.2, 0.25) is 5.91 Å². The first-order valence-electron chi connectivity index (χ1n) is 6.76. The van der Waals surface area contributed by atoms with Gasteiger partial charge in [-0.15, -0.1) is 0 Å². The number of rotatable bonds is 4. The van der Waals surface area contributed by atoms with Crippen molar-refractivity contribution in [2.45, 2.75) is 32.2 Å². The summed E-state index contributed by atoms with van der Waals surface area (Å²) in [4.78, 5) is 14.8. The molecule has 0 bridgehead atoms. The topological polar surface area (TPSA) is 46.3 Å². The maximum atomic E-state index is 12.7. The van der Waals surface area contributed by atoms with Gasteiger partial charge in [-0.3, -0.25) is 4.79 Å². The smallest absolute Gasteiger partial charge is 0.235 e. The molecule has 0 spiro atoms. The molecular formula is C15H19ClN2OS. The van der Waals surface area contributed by atoms with Gasteiger partial charge in [0.15, 0.2) is 0 Å². The van der Waals surface area contributed by atoms with Crippen molar-refractivity contribution in [3.05, 3.63) is 34.9 Å². The van der Waals surface area contributed by atoms with E-state index >= 15 is 0 Å². The zero-order valence-electron chi connectivity index (χ0n) is 11.6. The van der Waals surface area contributed by atoms with Crippen LogP contribution in [-0.4, -0.2) is 22.8 Å². The van der Waals surface area contributed by atoms with Gasteiger partial charge < -0.3 is 10.6 Å². The normalized spacial score (nSPS) is 16.9. The van der Waals surface area contributed by atoms with Crippen molar-refractivity contribution in [2.24, 2.45) is 11.1 Å². The summed E-state index contributed by atoms with van der Waals surface area (Å²) in [7, 11) is 1.78. The van der Waals surface area contributed by atoms with Crippen molar-refractivity contribution in [3.63, 3.8) is 0 Å². The van der Waals surface area contributed by atoms with E-state index in [1.807, 2.05) is 24.3 Å². The Kier molecular flexibility index (Phi) is 4.66. The lowest BCUT2D eigenvalue weighted by molar-refractivity contribution is -0.137. The van der Waals surface area contributed by atoms with Crippen molar-refractivity contribution in [1.29, 1.82) is 0 Å². The minimum atomic E-state index is -0.647. The van der Waals surface area contributed by atoms with Gasteiger partial charge in [0.1, 0.15) is 0 Å². The summed E-state index contributed by atoms with van der Waals surface area (Å²) in [6.07, 6.45) is 3.52. The van der Waals surface area contributed by atoms with Crippen molar-refractivity contribution < 1.29 is 4.79 Å². The highest BCUT2D eigenvalue weighted by atomic mass is 35.5. The predicted molar refractivity (Wildman–Crippen MR) is 85.6 cm³/mol. The Morgan fingerprint density at radius 3 is 2.55 bits per heavy atom. The molecule has 1 aliphatic carbocycles. The van der Waals surface area contributed by atoms with E-state index in [4.69, 9.17) is 29.6 Å². The zero-order chi connectivity index (χ0) is 14.8. The molecule has 1 amide bonds. The summed E-state index contributed by atoms with van der Waals surface area (Å²) in [5, 5.41) is 0.669. The number of thiocarbonyl (C=S) groups is 1. The van der Waals surface area contributed by atoms with E-state index in [0.29, 0.717) is 16.6 Å². The number of benzene rings is 1. The second kappa shape index (κ2) is 6.10. The summed E-state index contributed by atoms with van der Waals surface area (Å²) in [6.45, 7) is 0.475. The first kappa shape index (κ1) is 15.3. The molecule has 0 radical (unpaired) electrons. The Hall–Kier alpha value is -1.13. The molecular weight excluding hydrogens is 292 g/mol. The van der Waals surface area contributed by atoms with E-state index < -0.39 is 5.41 Å². The molecule has 0 aliphatic heterocycles. The van der Waals surface area contributed by atoms with Crippen LogP contribution in [0.25, 0.3) is 0 Å². The highest BCUT2D eigenvalue weighted by molar-refractivity contribution is 7.80. The van der Waals surface area contributed by atoms with Gasteiger partial charge in [-0.2, -0.15) is 0 Å². The minimum Gasteiger partial charge on any atom is -0.392 e. The molecule has 20 heavy (non-hydrogen) atoms. The summed E-state index contributed by atoms with van der Waals surface area (Å²) in [6, 6.07) is 7.54. The molecule has 108 valence electrons. The van der Waals surface area contributed by atoms with Gasteiger partial charge in [0.05, 0.1) is 10.4 Å². The van der Waals surface area contributed by atoms with Gasteiger partial charge in [0.25, 0.3) is 0 Å². The fourth-order valence-corrected chi connectivity index (χ4v) is 3.35. The largest absolute Gasteiger partial charge is 0.392 e. The maximum Gasteiger partial charge on any atom is 0.235 e. The van der Waals surface area contributed by atoms with Crippen LogP contribution in [0.15, 0.2) is 24.3 Å². The maximum absolute atomic E-state index is 12.7. The first-order chi connectivity index (χ1) is 9.47. The molecule has 1 aromatic carbocycles. The molecule has 0 saturated heterocycles. The molecule has 1 fully saturated rings. The predicted octanol–water partition coefficient (Wildman–Crippen LogP) is 3.14. The average Bonchev–Trinajstić information content (AvgIpc) is 2.91.